The number of hydrogen-bond acceptors (Lipinski definition) is 5. The number of para-hydroxylation sites is 2. The Balaban J connectivity index is 0.000000505. The molecule has 0 saturated heterocycles. The van der Waals surface area contributed by atoms with Crippen LogP contribution in [0, 0.1) is 0 Å². The first kappa shape index (κ1) is 18.7. The summed E-state index contributed by atoms with van der Waals surface area (Å²) in [5.74, 6) is -3.04. The van der Waals surface area contributed by atoms with Gasteiger partial charge in [-0.3, -0.25) is 4.79 Å². The Bertz CT molecular complexity index is 737. The molecule has 7 nitrogen and oxygen atoms in total. The minimum absolute atomic E-state index is 0.0253. The van der Waals surface area contributed by atoms with Crippen LogP contribution in [0.3, 0.4) is 0 Å². The van der Waals surface area contributed by atoms with Crippen molar-refractivity contribution in [1.82, 2.24) is 0 Å². The first-order chi connectivity index (χ1) is 11.4. The highest BCUT2D eigenvalue weighted by molar-refractivity contribution is 5.96. The first-order valence-electron chi connectivity index (χ1n) is 6.91. The van der Waals surface area contributed by atoms with Crippen molar-refractivity contribution in [2.24, 2.45) is 0 Å². The van der Waals surface area contributed by atoms with Crippen LogP contribution >= 0.6 is 0 Å². The Kier molecular flexibility index (Phi) is 6.97. The third-order valence-electron chi connectivity index (χ3n) is 2.75. The summed E-state index contributed by atoms with van der Waals surface area (Å²) >= 11 is 0. The second-order valence-electron chi connectivity index (χ2n) is 4.46. The number of rotatable bonds is 4. The molecule has 0 aliphatic carbocycles. The summed E-state index contributed by atoms with van der Waals surface area (Å²) in [5.41, 5.74) is -0.144. The van der Waals surface area contributed by atoms with Crippen LogP contribution in [0.5, 0.6) is 11.5 Å². The SMILES string of the molecule is CCC(=O)O.O=C(Oc1ccccc1C(=O)O)c1ccccc1O. The van der Waals surface area contributed by atoms with Gasteiger partial charge in [0, 0.05) is 6.42 Å². The molecule has 0 radical (unpaired) electrons. The molecule has 7 heteroatoms. The molecule has 0 fully saturated rings. The van der Waals surface area contributed by atoms with E-state index in [0.29, 0.717) is 0 Å². The number of aromatic hydroxyl groups is 1. The van der Waals surface area contributed by atoms with Crippen molar-refractivity contribution in [3.8, 4) is 11.5 Å². The number of aromatic carboxylic acids is 1. The van der Waals surface area contributed by atoms with Gasteiger partial charge >= 0.3 is 17.9 Å². The fourth-order valence-electron chi connectivity index (χ4n) is 1.53. The molecule has 2 aromatic carbocycles. The van der Waals surface area contributed by atoms with Crippen molar-refractivity contribution in [3.63, 3.8) is 0 Å². The molecule has 0 aliphatic rings. The Labute approximate surface area is 137 Å². The van der Waals surface area contributed by atoms with E-state index in [0.717, 1.165) is 0 Å². The number of aliphatic carboxylic acids is 1. The van der Waals surface area contributed by atoms with E-state index in [9.17, 15) is 19.5 Å². The zero-order valence-electron chi connectivity index (χ0n) is 12.8. The molecule has 0 bridgehead atoms. The van der Waals surface area contributed by atoms with Gasteiger partial charge in [0.2, 0.25) is 0 Å². The van der Waals surface area contributed by atoms with Gasteiger partial charge in [-0.2, -0.15) is 0 Å². The predicted molar refractivity (Wildman–Crippen MR) is 84.4 cm³/mol. The van der Waals surface area contributed by atoms with Crippen LogP contribution < -0.4 is 4.74 Å². The molecule has 0 spiro atoms. The van der Waals surface area contributed by atoms with Gasteiger partial charge in [-0.15, -0.1) is 0 Å². The van der Waals surface area contributed by atoms with Crippen LogP contribution in [0.1, 0.15) is 34.1 Å². The van der Waals surface area contributed by atoms with Crippen molar-refractivity contribution in [3.05, 3.63) is 59.7 Å². The minimum atomic E-state index is -1.19. The monoisotopic (exact) mass is 332 g/mol. The number of carbonyl (C=O) groups excluding carboxylic acids is 1. The molecule has 126 valence electrons. The average Bonchev–Trinajstić information content (AvgIpc) is 2.56. The third kappa shape index (κ3) is 5.45. The van der Waals surface area contributed by atoms with E-state index in [1.165, 1.54) is 30.3 Å². The predicted octanol–water partition coefficient (Wildman–Crippen LogP) is 2.79. The smallest absolute Gasteiger partial charge is 0.347 e. The maximum Gasteiger partial charge on any atom is 0.347 e. The average molecular weight is 332 g/mol. The summed E-state index contributed by atoms with van der Waals surface area (Å²) in [7, 11) is 0. The Morgan fingerprint density at radius 3 is 1.92 bits per heavy atom. The fourth-order valence-corrected chi connectivity index (χ4v) is 1.53. The van der Waals surface area contributed by atoms with E-state index < -0.39 is 17.9 Å². The Morgan fingerprint density at radius 1 is 0.917 bits per heavy atom. The highest BCUT2D eigenvalue weighted by atomic mass is 16.5. The van der Waals surface area contributed by atoms with Crippen molar-refractivity contribution >= 4 is 17.9 Å². The van der Waals surface area contributed by atoms with E-state index in [1.54, 1.807) is 25.1 Å². The minimum Gasteiger partial charge on any atom is -0.507 e. The zero-order chi connectivity index (χ0) is 18.1. The molecule has 0 amide bonds. The van der Waals surface area contributed by atoms with Crippen LogP contribution in [-0.2, 0) is 4.79 Å². The molecule has 0 saturated carbocycles. The van der Waals surface area contributed by atoms with Crippen LogP contribution in [0.25, 0.3) is 0 Å². The normalized spacial score (nSPS) is 9.38. The topological polar surface area (TPSA) is 121 Å². The molecule has 2 aromatic rings. The van der Waals surface area contributed by atoms with Crippen molar-refractivity contribution in [2.75, 3.05) is 0 Å². The molecule has 0 aliphatic heterocycles. The van der Waals surface area contributed by atoms with Gasteiger partial charge < -0.3 is 20.1 Å². The lowest BCUT2D eigenvalue weighted by Gasteiger charge is -2.07. The summed E-state index contributed by atoms with van der Waals surface area (Å²) in [6, 6.07) is 11.7. The largest absolute Gasteiger partial charge is 0.507 e. The Morgan fingerprint density at radius 2 is 1.42 bits per heavy atom. The fraction of sp³-hybridized carbons (Fsp3) is 0.118. The van der Waals surface area contributed by atoms with Crippen LogP contribution in [-0.4, -0.2) is 33.2 Å². The molecule has 0 atom stereocenters. The number of carbonyl (C=O) groups is 3. The zero-order valence-corrected chi connectivity index (χ0v) is 12.8. The third-order valence-corrected chi connectivity index (χ3v) is 2.75. The van der Waals surface area contributed by atoms with E-state index >= 15 is 0 Å². The van der Waals surface area contributed by atoms with Gasteiger partial charge in [-0.05, 0) is 24.3 Å². The molecule has 24 heavy (non-hydrogen) atoms. The number of carboxylic acid groups (broad SMARTS) is 2. The van der Waals surface area contributed by atoms with Crippen LogP contribution in [0.15, 0.2) is 48.5 Å². The van der Waals surface area contributed by atoms with Gasteiger partial charge in [-0.1, -0.05) is 31.2 Å². The van der Waals surface area contributed by atoms with Gasteiger partial charge in [0.25, 0.3) is 0 Å². The number of ether oxygens (including phenoxy) is 1. The van der Waals surface area contributed by atoms with Crippen LogP contribution in [0.4, 0.5) is 0 Å². The highest BCUT2D eigenvalue weighted by Gasteiger charge is 2.17. The number of phenols is 1. The van der Waals surface area contributed by atoms with Gasteiger partial charge in [-0.25, -0.2) is 9.59 Å². The molecule has 2 rings (SSSR count). The summed E-state index contributed by atoms with van der Waals surface area (Å²) in [6.45, 7) is 1.60. The summed E-state index contributed by atoms with van der Waals surface area (Å²) in [5, 5.41) is 26.2. The van der Waals surface area contributed by atoms with Gasteiger partial charge in [0.05, 0.1) is 0 Å². The van der Waals surface area contributed by atoms with Gasteiger partial charge in [0.1, 0.15) is 22.6 Å². The Hall–Kier alpha value is -3.35. The first-order valence-corrected chi connectivity index (χ1v) is 6.91. The lowest BCUT2D eigenvalue weighted by Crippen LogP contribution is -2.11. The maximum atomic E-state index is 11.8. The van der Waals surface area contributed by atoms with E-state index in [-0.39, 0.29) is 29.0 Å². The molecular formula is C17H16O7. The van der Waals surface area contributed by atoms with E-state index in [1.807, 2.05) is 0 Å². The summed E-state index contributed by atoms with van der Waals surface area (Å²) < 4.78 is 4.99. The quantitative estimate of drug-likeness (QED) is 0.581. The maximum absolute atomic E-state index is 11.8. The van der Waals surface area contributed by atoms with Crippen molar-refractivity contribution in [2.45, 2.75) is 13.3 Å². The molecule has 0 unspecified atom stereocenters. The molecular weight excluding hydrogens is 316 g/mol. The number of carboxylic acids is 2. The van der Waals surface area contributed by atoms with E-state index in [2.05, 4.69) is 0 Å². The molecule has 3 N–H and O–H groups in total. The van der Waals surface area contributed by atoms with E-state index in [4.69, 9.17) is 14.9 Å². The second kappa shape index (κ2) is 8.94. The standard InChI is InChI=1S/C14H10O5.C3H6O2/c15-11-7-3-1-5-9(11)14(18)19-12-8-4-2-6-10(12)13(16)17;1-2-3(4)5/h1-8,15H,(H,16,17);2H2,1H3,(H,4,5). The number of benzene rings is 2. The number of phenolic OH excluding ortho intramolecular Hbond substituents is 1. The molecule has 0 heterocycles. The molecule has 0 aromatic heterocycles. The lowest BCUT2D eigenvalue weighted by molar-refractivity contribution is -0.136. The van der Waals surface area contributed by atoms with Gasteiger partial charge in [0.15, 0.2) is 0 Å². The van der Waals surface area contributed by atoms with Crippen molar-refractivity contribution in [1.29, 1.82) is 0 Å². The number of esters is 1. The van der Waals surface area contributed by atoms with Crippen molar-refractivity contribution < 1.29 is 34.4 Å². The van der Waals surface area contributed by atoms with Crippen LogP contribution in [0.2, 0.25) is 0 Å². The summed E-state index contributed by atoms with van der Waals surface area (Å²) in [4.78, 5) is 32.2. The summed E-state index contributed by atoms with van der Waals surface area (Å²) in [6.07, 6.45) is 0.222. The second-order valence-corrected chi connectivity index (χ2v) is 4.46. The lowest BCUT2D eigenvalue weighted by atomic mass is 10.2. The number of hydrogen-bond donors (Lipinski definition) is 3. The highest BCUT2D eigenvalue weighted by Crippen LogP contribution is 2.22.